The Bertz CT molecular complexity index is 3080. The Morgan fingerprint density at radius 3 is 1.92 bits per heavy atom. The van der Waals surface area contributed by atoms with Crippen LogP contribution in [0.5, 0.6) is 0 Å². The highest BCUT2D eigenvalue weighted by Gasteiger charge is 2.50. The minimum Gasteiger partial charge on any atom is -0.456 e. The predicted molar refractivity (Wildman–Crippen MR) is 215 cm³/mol. The number of hydrogen-bond acceptors (Lipinski definition) is 2. The third-order valence-corrected chi connectivity index (χ3v) is 12.6. The van der Waals surface area contributed by atoms with Gasteiger partial charge in [-0.3, -0.25) is 0 Å². The van der Waals surface area contributed by atoms with Gasteiger partial charge in [0.2, 0.25) is 0 Å². The normalized spacial score (nSPS) is 13.8. The number of para-hydroxylation sites is 2. The number of nitrogens with zero attached hydrogens (tertiary/aromatic N) is 1. The molecule has 0 bridgehead atoms. The Morgan fingerprint density at radius 2 is 1.08 bits per heavy atom. The summed E-state index contributed by atoms with van der Waals surface area (Å²) < 4.78 is 8.65. The van der Waals surface area contributed by atoms with Crippen molar-refractivity contribution < 1.29 is 4.42 Å². The molecule has 1 aliphatic heterocycles. The van der Waals surface area contributed by atoms with E-state index in [0.29, 0.717) is 0 Å². The van der Waals surface area contributed by atoms with Gasteiger partial charge in [0.25, 0.3) is 0 Å². The number of hydrogen-bond donors (Lipinski definition) is 0. The van der Waals surface area contributed by atoms with Crippen LogP contribution in [0.1, 0.15) is 22.3 Å². The molecule has 12 rings (SSSR count). The second-order valence-corrected chi connectivity index (χ2v) is 15.1. The van der Waals surface area contributed by atoms with Gasteiger partial charge in [0.15, 0.2) is 0 Å². The SMILES string of the molecule is c1cc(-c2ccc3oc4ccccc4c3c2)cc(-n2c3ccccc3c3cc4c(cc32)C2(c3ccccc3Sc3ccccc32)c2ccccc2-4)c1. The minimum absolute atomic E-state index is 0.426. The molecule has 3 heteroatoms. The number of benzene rings is 8. The van der Waals surface area contributed by atoms with Gasteiger partial charge in [-0.05, 0) is 105 Å². The lowest BCUT2D eigenvalue weighted by molar-refractivity contribution is 0.669. The smallest absolute Gasteiger partial charge is 0.135 e. The van der Waals surface area contributed by atoms with Crippen LogP contribution in [0.25, 0.3) is 71.7 Å². The van der Waals surface area contributed by atoms with E-state index in [4.69, 9.17) is 4.42 Å². The van der Waals surface area contributed by atoms with Crippen molar-refractivity contribution >= 4 is 55.5 Å². The van der Waals surface area contributed by atoms with E-state index >= 15 is 0 Å². The monoisotopic (exact) mass is 679 g/mol. The summed E-state index contributed by atoms with van der Waals surface area (Å²) in [6.07, 6.45) is 0. The summed E-state index contributed by atoms with van der Waals surface area (Å²) in [6, 6.07) is 64.9. The van der Waals surface area contributed by atoms with E-state index in [9.17, 15) is 0 Å². The van der Waals surface area contributed by atoms with Gasteiger partial charge in [0.1, 0.15) is 11.2 Å². The summed E-state index contributed by atoms with van der Waals surface area (Å²) in [5, 5.41) is 4.81. The lowest BCUT2D eigenvalue weighted by atomic mass is 9.67. The van der Waals surface area contributed by atoms with E-state index in [0.717, 1.165) is 27.6 Å². The Balaban J connectivity index is 1.14. The zero-order valence-corrected chi connectivity index (χ0v) is 28.8. The van der Waals surface area contributed by atoms with E-state index in [2.05, 4.69) is 168 Å². The fourth-order valence-electron chi connectivity index (χ4n) is 9.32. The number of fused-ring (bicyclic) bond motifs is 15. The number of rotatable bonds is 2. The molecule has 0 unspecified atom stereocenters. The molecule has 242 valence electrons. The van der Waals surface area contributed by atoms with Crippen LogP contribution in [0.3, 0.4) is 0 Å². The Hall–Kier alpha value is -6.29. The highest BCUT2D eigenvalue weighted by molar-refractivity contribution is 7.99. The molecule has 1 aliphatic carbocycles. The van der Waals surface area contributed by atoms with Gasteiger partial charge >= 0.3 is 0 Å². The van der Waals surface area contributed by atoms with Gasteiger partial charge in [0, 0.05) is 37.0 Å². The van der Waals surface area contributed by atoms with Gasteiger partial charge < -0.3 is 8.98 Å². The topological polar surface area (TPSA) is 18.1 Å². The molecule has 2 aliphatic rings. The maximum atomic E-state index is 6.17. The molecule has 0 fully saturated rings. The Morgan fingerprint density at radius 1 is 0.404 bits per heavy atom. The van der Waals surface area contributed by atoms with Crippen LogP contribution in [0.15, 0.2) is 190 Å². The van der Waals surface area contributed by atoms with E-state index in [-0.39, 0.29) is 0 Å². The lowest BCUT2D eigenvalue weighted by Gasteiger charge is -2.39. The molecule has 2 nitrogen and oxygen atoms in total. The van der Waals surface area contributed by atoms with Crippen LogP contribution in [0.4, 0.5) is 0 Å². The molecular weight excluding hydrogens is 651 g/mol. The molecule has 2 aromatic heterocycles. The van der Waals surface area contributed by atoms with E-state index in [1.165, 1.54) is 76.1 Å². The molecule has 0 N–H and O–H groups in total. The predicted octanol–water partition coefficient (Wildman–Crippen LogP) is 13.2. The van der Waals surface area contributed by atoms with Crippen LogP contribution >= 0.6 is 11.8 Å². The first-order chi connectivity index (χ1) is 25.8. The van der Waals surface area contributed by atoms with Crippen LogP contribution in [-0.4, -0.2) is 4.57 Å². The molecule has 3 heterocycles. The summed E-state index contributed by atoms with van der Waals surface area (Å²) in [5.41, 5.74) is 15.4. The molecule has 0 atom stereocenters. The molecule has 0 radical (unpaired) electrons. The van der Waals surface area contributed by atoms with Crippen LogP contribution in [0.2, 0.25) is 0 Å². The highest BCUT2D eigenvalue weighted by Crippen LogP contribution is 2.62. The molecular formula is C49H29NOS. The van der Waals surface area contributed by atoms with Gasteiger partial charge in [-0.2, -0.15) is 0 Å². The first-order valence-electron chi connectivity index (χ1n) is 17.8. The van der Waals surface area contributed by atoms with E-state index in [1.54, 1.807) is 0 Å². The van der Waals surface area contributed by atoms with Crippen molar-refractivity contribution in [1.82, 2.24) is 4.57 Å². The Kier molecular flexibility index (Phi) is 5.67. The maximum Gasteiger partial charge on any atom is 0.135 e. The summed E-state index contributed by atoms with van der Waals surface area (Å²) in [5.74, 6) is 0. The van der Waals surface area contributed by atoms with Gasteiger partial charge in [-0.1, -0.05) is 127 Å². The lowest BCUT2D eigenvalue weighted by Crippen LogP contribution is -2.31. The molecule has 0 amide bonds. The average Bonchev–Trinajstić information content (AvgIpc) is 3.83. The van der Waals surface area contributed by atoms with Crippen molar-refractivity contribution in [3.63, 3.8) is 0 Å². The minimum atomic E-state index is -0.426. The largest absolute Gasteiger partial charge is 0.456 e. The molecule has 10 aromatic rings. The Labute approximate surface area is 304 Å². The van der Waals surface area contributed by atoms with Crippen LogP contribution < -0.4 is 0 Å². The standard InChI is InChI=1S/C49H29NOS/c1-4-17-39-33(14-1)36-28-37-34-15-2-7-20-43(34)50(32-13-11-12-30(26-32)31-24-25-46-38(27-31)35-16-3-8-21-45(35)51-46)44(37)29-42(36)49(39)40-18-5-9-22-47(40)52-48-23-10-6-19-41(48)49/h1-29H. The maximum absolute atomic E-state index is 6.17. The van der Waals surface area contributed by atoms with Crippen LogP contribution in [0, 0.1) is 0 Å². The van der Waals surface area contributed by atoms with Crippen LogP contribution in [-0.2, 0) is 5.41 Å². The fraction of sp³-hybridized carbons (Fsp3) is 0.0204. The third kappa shape index (κ3) is 3.65. The molecule has 0 saturated carbocycles. The quantitative estimate of drug-likeness (QED) is 0.181. The second kappa shape index (κ2) is 10.4. The summed E-state index contributed by atoms with van der Waals surface area (Å²) in [4.78, 5) is 2.64. The second-order valence-electron chi connectivity index (χ2n) is 14.0. The van der Waals surface area contributed by atoms with Crippen molar-refractivity contribution in [2.45, 2.75) is 15.2 Å². The van der Waals surface area contributed by atoms with E-state index < -0.39 is 5.41 Å². The van der Waals surface area contributed by atoms with Gasteiger partial charge in [0.05, 0.1) is 16.4 Å². The fourth-order valence-corrected chi connectivity index (χ4v) is 10.5. The number of aromatic nitrogens is 1. The first-order valence-corrected chi connectivity index (χ1v) is 18.7. The van der Waals surface area contributed by atoms with Crippen molar-refractivity contribution in [3.8, 4) is 27.9 Å². The number of furan rings is 1. The van der Waals surface area contributed by atoms with E-state index in [1.807, 2.05) is 23.9 Å². The van der Waals surface area contributed by atoms with Crippen molar-refractivity contribution in [2.75, 3.05) is 0 Å². The van der Waals surface area contributed by atoms with Gasteiger partial charge in [-0.15, -0.1) is 0 Å². The third-order valence-electron chi connectivity index (χ3n) is 11.5. The molecule has 0 saturated heterocycles. The average molecular weight is 680 g/mol. The highest BCUT2D eigenvalue weighted by atomic mass is 32.2. The summed E-state index contributed by atoms with van der Waals surface area (Å²) >= 11 is 1.89. The first kappa shape index (κ1) is 28.4. The zero-order chi connectivity index (χ0) is 34.0. The van der Waals surface area contributed by atoms with Gasteiger partial charge in [-0.25, -0.2) is 0 Å². The summed E-state index contributed by atoms with van der Waals surface area (Å²) in [7, 11) is 0. The molecule has 1 spiro atoms. The molecule has 8 aromatic carbocycles. The summed E-state index contributed by atoms with van der Waals surface area (Å²) in [6.45, 7) is 0. The zero-order valence-electron chi connectivity index (χ0n) is 28.0. The van der Waals surface area contributed by atoms with Crippen molar-refractivity contribution in [2.24, 2.45) is 0 Å². The van der Waals surface area contributed by atoms with Crippen molar-refractivity contribution in [1.29, 1.82) is 0 Å². The molecule has 52 heavy (non-hydrogen) atoms. The van der Waals surface area contributed by atoms with Crippen molar-refractivity contribution in [3.05, 3.63) is 198 Å².